The Bertz CT molecular complexity index is 739. The van der Waals surface area contributed by atoms with E-state index in [0.29, 0.717) is 5.56 Å². The molecule has 0 spiro atoms. The highest BCUT2D eigenvalue weighted by molar-refractivity contribution is 6.02. The number of benzene rings is 1. The maximum absolute atomic E-state index is 12.6. The van der Waals surface area contributed by atoms with Gasteiger partial charge in [-0.15, -0.1) is 0 Å². The number of aromatic hydroxyl groups is 1. The smallest absolute Gasteiger partial charge is 0.316 e. The molecule has 27 heavy (non-hydrogen) atoms. The van der Waals surface area contributed by atoms with E-state index in [1.807, 2.05) is 0 Å². The normalized spacial score (nSPS) is 27.7. The average molecular weight is 380 g/mol. The second kappa shape index (κ2) is 7.96. The SMILES string of the molecule is CCOc1cc([C@@H]2[C@@H](C(=O)OC)C(=O)C[C@@](C)(O)[C@@H]2C(=O)OC)ccc1O. The lowest BCUT2D eigenvalue weighted by Crippen LogP contribution is -2.55. The quantitative estimate of drug-likeness (QED) is 0.577. The summed E-state index contributed by atoms with van der Waals surface area (Å²) in [5.41, 5.74) is -1.35. The summed E-state index contributed by atoms with van der Waals surface area (Å²) < 4.78 is 15.0. The van der Waals surface area contributed by atoms with Crippen LogP contribution in [-0.4, -0.2) is 54.4 Å². The number of hydrogen-bond donors (Lipinski definition) is 2. The van der Waals surface area contributed by atoms with Crippen LogP contribution in [0.2, 0.25) is 0 Å². The second-order valence-electron chi connectivity index (χ2n) is 6.69. The molecular weight excluding hydrogens is 356 g/mol. The number of esters is 2. The lowest BCUT2D eigenvalue weighted by molar-refractivity contribution is -0.170. The first kappa shape index (κ1) is 20.7. The van der Waals surface area contributed by atoms with Gasteiger partial charge in [0.25, 0.3) is 0 Å². The molecule has 0 heterocycles. The molecule has 0 bridgehead atoms. The van der Waals surface area contributed by atoms with Crippen LogP contribution in [0, 0.1) is 11.8 Å². The Morgan fingerprint density at radius 1 is 1.22 bits per heavy atom. The number of phenolic OH excluding ortho intramolecular Hbond substituents is 1. The Morgan fingerprint density at radius 3 is 2.41 bits per heavy atom. The number of phenols is 1. The highest BCUT2D eigenvalue weighted by Crippen LogP contribution is 2.47. The number of rotatable bonds is 5. The Balaban J connectivity index is 2.67. The Kier molecular flexibility index (Phi) is 6.10. The van der Waals surface area contributed by atoms with E-state index in [1.165, 1.54) is 32.2 Å². The van der Waals surface area contributed by atoms with E-state index in [4.69, 9.17) is 14.2 Å². The van der Waals surface area contributed by atoms with Crippen LogP contribution < -0.4 is 4.74 Å². The van der Waals surface area contributed by atoms with E-state index in [1.54, 1.807) is 6.92 Å². The standard InChI is InChI=1S/C19H24O8/c1-5-27-13-8-10(6-7-11(13)20)14-15(17(22)25-3)12(21)9-19(2,24)16(14)18(23)26-4/h6-8,14-16,20,24H,5,9H2,1-4H3/t14-,15+,16+,19-/m1/s1. The van der Waals surface area contributed by atoms with Gasteiger partial charge in [0, 0.05) is 12.3 Å². The number of Topliss-reactive ketones (excluding diaryl/α,β-unsaturated/α-hetero) is 1. The van der Waals surface area contributed by atoms with Crippen molar-refractivity contribution in [1.29, 1.82) is 0 Å². The minimum Gasteiger partial charge on any atom is -0.504 e. The van der Waals surface area contributed by atoms with Crippen molar-refractivity contribution in [1.82, 2.24) is 0 Å². The van der Waals surface area contributed by atoms with Gasteiger partial charge >= 0.3 is 11.9 Å². The van der Waals surface area contributed by atoms with Crippen molar-refractivity contribution < 1.29 is 38.8 Å². The van der Waals surface area contributed by atoms with Gasteiger partial charge in [-0.1, -0.05) is 6.07 Å². The van der Waals surface area contributed by atoms with Crippen LogP contribution in [-0.2, 0) is 23.9 Å². The molecule has 0 aliphatic heterocycles. The molecule has 2 rings (SSSR count). The summed E-state index contributed by atoms with van der Waals surface area (Å²) in [6.07, 6.45) is -0.389. The van der Waals surface area contributed by atoms with E-state index < -0.39 is 41.1 Å². The van der Waals surface area contributed by atoms with Gasteiger partial charge in [-0.2, -0.15) is 0 Å². The lowest BCUT2D eigenvalue weighted by Gasteiger charge is -2.43. The first-order valence-corrected chi connectivity index (χ1v) is 8.54. The second-order valence-corrected chi connectivity index (χ2v) is 6.69. The van der Waals surface area contributed by atoms with Gasteiger partial charge in [0.05, 0.1) is 32.3 Å². The minimum absolute atomic E-state index is 0.126. The molecule has 1 aromatic rings. The Morgan fingerprint density at radius 2 is 1.85 bits per heavy atom. The molecule has 0 saturated heterocycles. The molecule has 1 saturated carbocycles. The zero-order chi connectivity index (χ0) is 20.4. The molecule has 0 radical (unpaired) electrons. The van der Waals surface area contributed by atoms with E-state index in [0.717, 1.165) is 7.11 Å². The topological polar surface area (TPSA) is 119 Å². The fourth-order valence-electron chi connectivity index (χ4n) is 3.68. The fraction of sp³-hybridized carbons (Fsp3) is 0.526. The van der Waals surface area contributed by atoms with Crippen molar-refractivity contribution in [2.24, 2.45) is 11.8 Å². The minimum atomic E-state index is -1.72. The van der Waals surface area contributed by atoms with Crippen LogP contribution >= 0.6 is 0 Å². The maximum Gasteiger partial charge on any atom is 0.316 e. The predicted molar refractivity (Wildman–Crippen MR) is 93.3 cm³/mol. The van der Waals surface area contributed by atoms with E-state index in [9.17, 15) is 24.6 Å². The summed E-state index contributed by atoms with van der Waals surface area (Å²) in [6, 6.07) is 4.27. The summed E-state index contributed by atoms with van der Waals surface area (Å²) in [4.78, 5) is 37.5. The number of aliphatic hydroxyl groups is 1. The van der Waals surface area contributed by atoms with Gasteiger partial charge in [-0.05, 0) is 31.5 Å². The number of carbonyl (C=O) groups is 3. The molecule has 1 fully saturated rings. The predicted octanol–water partition coefficient (Wildman–Crippen LogP) is 1.18. The zero-order valence-electron chi connectivity index (χ0n) is 15.7. The van der Waals surface area contributed by atoms with Gasteiger partial charge in [0.15, 0.2) is 17.3 Å². The molecular formula is C19H24O8. The lowest BCUT2D eigenvalue weighted by atomic mass is 9.61. The van der Waals surface area contributed by atoms with Crippen LogP contribution in [0.5, 0.6) is 11.5 Å². The number of hydrogen-bond acceptors (Lipinski definition) is 8. The number of ketones is 1. The van der Waals surface area contributed by atoms with Gasteiger partial charge in [0.1, 0.15) is 5.92 Å². The molecule has 2 N–H and O–H groups in total. The van der Waals surface area contributed by atoms with Crippen LogP contribution in [0.15, 0.2) is 18.2 Å². The number of methoxy groups -OCH3 is 2. The first-order valence-electron chi connectivity index (χ1n) is 8.54. The first-order chi connectivity index (χ1) is 12.7. The van der Waals surface area contributed by atoms with Crippen molar-refractivity contribution >= 4 is 17.7 Å². The van der Waals surface area contributed by atoms with Crippen LogP contribution in [0.25, 0.3) is 0 Å². The van der Waals surface area contributed by atoms with Gasteiger partial charge in [-0.25, -0.2) is 0 Å². The van der Waals surface area contributed by atoms with Gasteiger partial charge in [0.2, 0.25) is 0 Å². The summed E-state index contributed by atoms with van der Waals surface area (Å²) in [5.74, 6) is -5.61. The van der Waals surface area contributed by atoms with Crippen LogP contribution in [0.1, 0.15) is 31.7 Å². The molecule has 1 aliphatic carbocycles. The van der Waals surface area contributed by atoms with E-state index >= 15 is 0 Å². The molecule has 148 valence electrons. The number of ether oxygens (including phenoxy) is 3. The molecule has 0 aromatic heterocycles. The zero-order valence-corrected chi connectivity index (χ0v) is 15.7. The fourth-order valence-corrected chi connectivity index (χ4v) is 3.68. The van der Waals surface area contributed by atoms with Crippen molar-refractivity contribution in [3.8, 4) is 11.5 Å². The Hall–Kier alpha value is -2.61. The molecule has 1 aromatic carbocycles. The Labute approximate surface area is 157 Å². The van der Waals surface area contributed by atoms with Gasteiger partial charge in [-0.3, -0.25) is 14.4 Å². The highest BCUT2D eigenvalue weighted by atomic mass is 16.5. The monoisotopic (exact) mass is 380 g/mol. The van der Waals surface area contributed by atoms with Crippen LogP contribution in [0.3, 0.4) is 0 Å². The van der Waals surface area contributed by atoms with E-state index in [-0.39, 0.29) is 24.5 Å². The highest BCUT2D eigenvalue weighted by Gasteiger charge is 2.57. The maximum atomic E-state index is 12.6. The van der Waals surface area contributed by atoms with E-state index in [2.05, 4.69) is 0 Å². The van der Waals surface area contributed by atoms with Crippen molar-refractivity contribution in [3.05, 3.63) is 23.8 Å². The summed E-state index contributed by atoms with van der Waals surface area (Å²) in [5, 5.41) is 20.7. The molecule has 4 atom stereocenters. The third-order valence-electron chi connectivity index (χ3n) is 4.85. The van der Waals surface area contributed by atoms with Crippen molar-refractivity contribution in [2.45, 2.75) is 31.8 Å². The van der Waals surface area contributed by atoms with Crippen molar-refractivity contribution in [3.63, 3.8) is 0 Å². The molecule has 8 heteroatoms. The molecule has 1 aliphatic rings. The third kappa shape index (κ3) is 3.90. The molecule has 0 amide bonds. The number of carbonyl (C=O) groups excluding carboxylic acids is 3. The molecule has 0 unspecified atom stereocenters. The third-order valence-corrected chi connectivity index (χ3v) is 4.85. The van der Waals surface area contributed by atoms with Crippen molar-refractivity contribution in [2.75, 3.05) is 20.8 Å². The largest absolute Gasteiger partial charge is 0.504 e. The summed E-state index contributed by atoms with van der Waals surface area (Å²) in [7, 11) is 2.32. The molecule has 8 nitrogen and oxygen atoms in total. The van der Waals surface area contributed by atoms with Gasteiger partial charge < -0.3 is 24.4 Å². The van der Waals surface area contributed by atoms with Crippen LogP contribution in [0.4, 0.5) is 0 Å². The summed E-state index contributed by atoms with van der Waals surface area (Å²) in [6.45, 7) is 3.37. The average Bonchev–Trinajstić information content (AvgIpc) is 2.61. The summed E-state index contributed by atoms with van der Waals surface area (Å²) >= 11 is 0.